The van der Waals surface area contributed by atoms with E-state index in [1.54, 1.807) is 10.9 Å². The van der Waals surface area contributed by atoms with E-state index in [1.807, 2.05) is 6.92 Å². The lowest BCUT2D eigenvalue weighted by atomic mass is 9.99. The predicted octanol–water partition coefficient (Wildman–Crippen LogP) is -0.127. The quantitative estimate of drug-likeness (QED) is 0.762. The number of carbonyl (C=O) groups is 2. The number of sulfonamides is 1. The van der Waals surface area contributed by atoms with Crippen molar-refractivity contribution in [2.24, 2.45) is 5.92 Å². The Balaban J connectivity index is 2.14. The van der Waals surface area contributed by atoms with Crippen LogP contribution in [-0.2, 0) is 21.4 Å². The van der Waals surface area contributed by atoms with Crippen molar-refractivity contribution in [1.29, 1.82) is 0 Å². The number of amides is 2. The van der Waals surface area contributed by atoms with Crippen molar-refractivity contribution < 1.29 is 18.0 Å². The molecule has 10 heteroatoms. The normalized spacial score (nSPS) is 19.0. The Morgan fingerprint density at radius 1 is 1.42 bits per heavy atom. The van der Waals surface area contributed by atoms with E-state index in [2.05, 4.69) is 15.7 Å². The molecule has 0 aromatic carbocycles. The third-order valence-corrected chi connectivity index (χ3v) is 5.28. The van der Waals surface area contributed by atoms with E-state index in [4.69, 9.17) is 0 Å². The highest BCUT2D eigenvalue weighted by Crippen LogP contribution is 2.22. The maximum Gasteiger partial charge on any atom is 0.273 e. The number of nitrogens with zero attached hydrogens (tertiary/aromatic N) is 3. The summed E-state index contributed by atoms with van der Waals surface area (Å²) >= 11 is 0. The van der Waals surface area contributed by atoms with Gasteiger partial charge >= 0.3 is 0 Å². The van der Waals surface area contributed by atoms with Crippen molar-refractivity contribution in [1.82, 2.24) is 19.4 Å². The lowest BCUT2D eigenvalue weighted by molar-refractivity contribution is -0.120. The van der Waals surface area contributed by atoms with E-state index in [0.717, 1.165) is 6.26 Å². The van der Waals surface area contributed by atoms with E-state index >= 15 is 0 Å². The Kier molecular flexibility index (Phi) is 5.60. The van der Waals surface area contributed by atoms with Crippen molar-refractivity contribution in [2.45, 2.75) is 26.3 Å². The second kappa shape index (κ2) is 7.31. The second-order valence-corrected chi connectivity index (χ2v) is 7.76. The number of piperidine rings is 1. The van der Waals surface area contributed by atoms with E-state index < -0.39 is 15.9 Å². The number of aryl methyl sites for hydroxylation is 1. The van der Waals surface area contributed by atoms with E-state index in [1.165, 1.54) is 11.4 Å². The molecule has 0 radical (unpaired) electrons. The summed E-state index contributed by atoms with van der Waals surface area (Å²) in [5, 5.41) is 9.34. The van der Waals surface area contributed by atoms with Crippen LogP contribution in [0.3, 0.4) is 0 Å². The van der Waals surface area contributed by atoms with Gasteiger partial charge in [0.2, 0.25) is 15.9 Å². The summed E-state index contributed by atoms with van der Waals surface area (Å²) in [7, 11) is -1.83. The molecule has 1 aromatic heterocycles. The predicted molar refractivity (Wildman–Crippen MR) is 89.1 cm³/mol. The molecule has 0 aliphatic carbocycles. The molecule has 2 heterocycles. The first-order valence-corrected chi connectivity index (χ1v) is 9.66. The Morgan fingerprint density at radius 2 is 2.12 bits per heavy atom. The van der Waals surface area contributed by atoms with Crippen LogP contribution in [0.25, 0.3) is 0 Å². The van der Waals surface area contributed by atoms with Crippen LogP contribution in [0, 0.1) is 5.92 Å². The Labute approximate surface area is 141 Å². The summed E-state index contributed by atoms with van der Waals surface area (Å²) in [6.45, 7) is 3.02. The van der Waals surface area contributed by atoms with E-state index in [-0.39, 0.29) is 24.1 Å². The minimum Gasteiger partial charge on any atom is -0.354 e. The zero-order valence-electron chi connectivity index (χ0n) is 14.1. The molecule has 24 heavy (non-hydrogen) atoms. The van der Waals surface area contributed by atoms with Crippen LogP contribution in [0.2, 0.25) is 0 Å². The van der Waals surface area contributed by atoms with Crippen molar-refractivity contribution in [3.63, 3.8) is 0 Å². The third-order valence-electron chi connectivity index (χ3n) is 4.01. The Morgan fingerprint density at radius 3 is 2.71 bits per heavy atom. The highest BCUT2D eigenvalue weighted by atomic mass is 32.2. The SMILES string of the molecule is CCn1cc(NC(=O)[C@H]2CCCN(S(C)(=O)=O)C2)c(C(=O)NC)n1. The van der Waals surface area contributed by atoms with E-state index in [0.29, 0.717) is 31.6 Å². The smallest absolute Gasteiger partial charge is 0.273 e. The van der Waals surface area contributed by atoms with Gasteiger partial charge in [-0.25, -0.2) is 12.7 Å². The molecule has 1 aliphatic heterocycles. The third kappa shape index (κ3) is 4.12. The molecule has 0 bridgehead atoms. The number of hydrogen-bond donors (Lipinski definition) is 2. The lowest BCUT2D eigenvalue weighted by Gasteiger charge is -2.30. The molecule has 2 amide bonds. The molecule has 1 fully saturated rings. The number of nitrogens with one attached hydrogen (secondary N) is 2. The molecule has 1 atom stereocenters. The molecular formula is C14H23N5O4S. The summed E-state index contributed by atoms with van der Waals surface area (Å²) in [4.78, 5) is 24.4. The van der Waals surface area contributed by atoms with Gasteiger partial charge in [0, 0.05) is 32.9 Å². The van der Waals surface area contributed by atoms with Gasteiger partial charge in [-0.2, -0.15) is 5.10 Å². The first-order valence-electron chi connectivity index (χ1n) is 7.81. The van der Waals surface area contributed by atoms with Crippen LogP contribution < -0.4 is 10.6 Å². The van der Waals surface area contributed by atoms with Crippen molar-refractivity contribution >= 4 is 27.5 Å². The molecule has 134 valence electrons. The van der Waals surface area contributed by atoms with Crippen LogP contribution in [0.1, 0.15) is 30.3 Å². The highest BCUT2D eigenvalue weighted by Gasteiger charge is 2.31. The van der Waals surface area contributed by atoms with E-state index in [9.17, 15) is 18.0 Å². The molecule has 0 spiro atoms. The molecule has 0 unspecified atom stereocenters. The molecule has 1 saturated heterocycles. The van der Waals surface area contributed by atoms with Gasteiger partial charge in [-0.3, -0.25) is 14.3 Å². The van der Waals surface area contributed by atoms with Crippen LogP contribution >= 0.6 is 0 Å². The standard InChI is InChI=1S/C14H23N5O4S/c1-4-18-9-11(12(17-18)14(21)15-2)16-13(20)10-6-5-7-19(8-10)24(3,22)23/h9-10H,4-8H2,1-3H3,(H,15,21)(H,16,20)/t10-/m0/s1. The summed E-state index contributed by atoms with van der Waals surface area (Å²) in [5.74, 6) is -1.14. The van der Waals surface area contributed by atoms with Gasteiger partial charge in [0.1, 0.15) is 0 Å². The molecule has 0 saturated carbocycles. The van der Waals surface area contributed by atoms with Gasteiger partial charge in [0.15, 0.2) is 5.69 Å². The van der Waals surface area contributed by atoms with Gasteiger partial charge in [-0.05, 0) is 19.8 Å². The second-order valence-electron chi connectivity index (χ2n) is 5.78. The molecule has 9 nitrogen and oxygen atoms in total. The average Bonchev–Trinajstić information content (AvgIpc) is 2.96. The van der Waals surface area contributed by atoms with Gasteiger partial charge < -0.3 is 10.6 Å². The fourth-order valence-corrected chi connectivity index (χ4v) is 3.56. The average molecular weight is 357 g/mol. The fourth-order valence-electron chi connectivity index (χ4n) is 2.65. The lowest BCUT2D eigenvalue weighted by Crippen LogP contribution is -2.43. The number of anilines is 1. The largest absolute Gasteiger partial charge is 0.354 e. The van der Waals surface area contributed by atoms with Crippen LogP contribution in [0.15, 0.2) is 6.20 Å². The summed E-state index contributed by atoms with van der Waals surface area (Å²) < 4.78 is 26.2. The zero-order chi connectivity index (χ0) is 17.9. The highest BCUT2D eigenvalue weighted by molar-refractivity contribution is 7.88. The topological polar surface area (TPSA) is 113 Å². The minimum atomic E-state index is -3.32. The maximum absolute atomic E-state index is 12.5. The van der Waals surface area contributed by atoms with Crippen molar-refractivity contribution in [3.05, 3.63) is 11.9 Å². The van der Waals surface area contributed by atoms with Gasteiger partial charge in [-0.1, -0.05) is 0 Å². The summed E-state index contributed by atoms with van der Waals surface area (Å²) in [6, 6.07) is 0. The van der Waals surface area contributed by atoms with Crippen LogP contribution in [0.4, 0.5) is 5.69 Å². The number of aromatic nitrogens is 2. The first kappa shape index (κ1) is 18.4. The van der Waals surface area contributed by atoms with Gasteiger partial charge in [0.05, 0.1) is 17.9 Å². The Bertz CT molecular complexity index is 728. The van der Waals surface area contributed by atoms with Crippen molar-refractivity contribution in [2.75, 3.05) is 31.7 Å². The van der Waals surface area contributed by atoms with Crippen LogP contribution in [0.5, 0.6) is 0 Å². The van der Waals surface area contributed by atoms with Gasteiger partial charge in [0.25, 0.3) is 5.91 Å². The Hall–Kier alpha value is -1.94. The minimum absolute atomic E-state index is 0.142. The molecule has 2 N–H and O–H groups in total. The maximum atomic E-state index is 12.5. The molecule has 1 aromatic rings. The zero-order valence-corrected chi connectivity index (χ0v) is 14.9. The van der Waals surface area contributed by atoms with Crippen LogP contribution in [-0.4, -0.2) is 60.7 Å². The summed E-state index contributed by atoms with van der Waals surface area (Å²) in [5.41, 5.74) is 0.473. The first-order chi connectivity index (χ1) is 11.3. The molecule has 1 aliphatic rings. The molecule has 2 rings (SSSR count). The van der Waals surface area contributed by atoms with Gasteiger partial charge in [-0.15, -0.1) is 0 Å². The number of rotatable bonds is 5. The monoisotopic (exact) mass is 357 g/mol. The summed E-state index contributed by atoms with van der Waals surface area (Å²) in [6.07, 6.45) is 3.97. The fraction of sp³-hybridized carbons (Fsp3) is 0.643. The number of hydrogen-bond acceptors (Lipinski definition) is 5. The van der Waals surface area contributed by atoms with Crippen molar-refractivity contribution in [3.8, 4) is 0 Å². The molecular weight excluding hydrogens is 334 g/mol. The number of carbonyl (C=O) groups excluding carboxylic acids is 2.